The van der Waals surface area contributed by atoms with Crippen molar-refractivity contribution in [1.29, 1.82) is 0 Å². The molecule has 0 saturated carbocycles. The predicted octanol–water partition coefficient (Wildman–Crippen LogP) is 5.39. The molecule has 0 unspecified atom stereocenters. The van der Waals surface area contributed by atoms with Gasteiger partial charge in [-0.05, 0) is 68.8 Å². The molecule has 0 spiro atoms. The minimum atomic E-state index is -0.183. The van der Waals surface area contributed by atoms with Crippen LogP contribution < -0.4 is 20.5 Å². The molecule has 1 fully saturated rings. The third kappa shape index (κ3) is 6.59. The van der Waals surface area contributed by atoms with Crippen LogP contribution in [0.25, 0.3) is 10.8 Å². The first-order valence-electron chi connectivity index (χ1n) is 12.3. The zero-order valence-electron chi connectivity index (χ0n) is 20.3. The molecule has 3 N–H and O–H groups in total. The van der Waals surface area contributed by atoms with Gasteiger partial charge < -0.3 is 25.4 Å². The Morgan fingerprint density at radius 2 is 1.86 bits per heavy atom. The van der Waals surface area contributed by atoms with Crippen molar-refractivity contribution in [2.45, 2.75) is 25.7 Å². The summed E-state index contributed by atoms with van der Waals surface area (Å²) in [6.07, 6.45) is 4.30. The maximum absolute atomic E-state index is 12.7. The van der Waals surface area contributed by atoms with Gasteiger partial charge in [-0.15, -0.1) is 0 Å². The molecule has 0 aromatic heterocycles. The van der Waals surface area contributed by atoms with Crippen LogP contribution in [-0.4, -0.2) is 50.7 Å². The largest absolute Gasteiger partial charge is 0.496 e. The number of anilines is 1. The zero-order chi connectivity index (χ0) is 24.6. The summed E-state index contributed by atoms with van der Waals surface area (Å²) in [5, 5.41) is 5.77. The third-order valence-corrected chi connectivity index (χ3v) is 7.03. The smallest absolute Gasteiger partial charge is 0.255 e. The number of piperidine rings is 1. The van der Waals surface area contributed by atoms with Crippen molar-refractivity contribution < 1.29 is 14.3 Å². The van der Waals surface area contributed by atoms with Gasteiger partial charge >= 0.3 is 0 Å². The molecule has 0 atom stereocenters. The number of hydrogen-bond donors (Lipinski definition) is 2. The van der Waals surface area contributed by atoms with E-state index in [4.69, 9.17) is 26.8 Å². The fourth-order valence-corrected chi connectivity index (χ4v) is 4.77. The molecule has 0 aliphatic carbocycles. The van der Waals surface area contributed by atoms with Crippen LogP contribution in [0.4, 0.5) is 5.69 Å². The van der Waals surface area contributed by atoms with Gasteiger partial charge in [-0.3, -0.25) is 4.79 Å². The third-order valence-electron chi connectivity index (χ3n) is 6.70. The maximum atomic E-state index is 12.7. The second kappa shape index (κ2) is 12.1. The Kier molecular flexibility index (Phi) is 8.72. The van der Waals surface area contributed by atoms with Crippen LogP contribution in [0.5, 0.6) is 11.5 Å². The van der Waals surface area contributed by atoms with Crippen molar-refractivity contribution in [3.63, 3.8) is 0 Å². The molecule has 3 aromatic carbocycles. The number of hydrogen-bond acceptors (Lipinski definition) is 5. The van der Waals surface area contributed by atoms with E-state index in [1.54, 1.807) is 12.1 Å². The fourth-order valence-electron chi connectivity index (χ4n) is 4.60. The number of methoxy groups -OCH3 is 1. The lowest BCUT2D eigenvalue weighted by Gasteiger charge is -2.32. The summed E-state index contributed by atoms with van der Waals surface area (Å²) in [7, 11) is 1.52. The highest BCUT2D eigenvalue weighted by atomic mass is 35.5. The number of halogens is 1. The summed E-state index contributed by atoms with van der Waals surface area (Å²) in [6.45, 7) is 4.58. The van der Waals surface area contributed by atoms with Crippen molar-refractivity contribution in [2.75, 3.05) is 45.6 Å². The summed E-state index contributed by atoms with van der Waals surface area (Å²) >= 11 is 6.09. The molecule has 1 aliphatic heterocycles. The molecule has 0 bridgehead atoms. The van der Waals surface area contributed by atoms with Crippen LogP contribution in [-0.2, 0) is 0 Å². The number of amides is 1. The second-order valence-electron chi connectivity index (χ2n) is 9.10. The molecule has 6 nitrogen and oxygen atoms in total. The molecule has 4 rings (SSSR count). The number of carbonyl (C=O) groups excluding carboxylic acids is 1. The quantitative estimate of drug-likeness (QED) is 0.291. The first kappa shape index (κ1) is 25.1. The van der Waals surface area contributed by atoms with Gasteiger partial charge in [-0.2, -0.15) is 0 Å². The fraction of sp³-hybridized carbons (Fsp3) is 0.393. The topological polar surface area (TPSA) is 76.8 Å². The maximum Gasteiger partial charge on any atom is 0.255 e. The summed E-state index contributed by atoms with van der Waals surface area (Å²) in [5.74, 6) is 1.69. The molecular weight excluding hydrogens is 462 g/mol. The lowest BCUT2D eigenvalue weighted by atomic mass is 9.96. The van der Waals surface area contributed by atoms with Gasteiger partial charge in [0.05, 0.1) is 30.0 Å². The number of likely N-dealkylation sites (tertiary alicyclic amines) is 1. The first-order valence-corrected chi connectivity index (χ1v) is 12.7. The van der Waals surface area contributed by atoms with Gasteiger partial charge in [0.15, 0.2) is 0 Å². The van der Waals surface area contributed by atoms with Crippen molar-refractivity contribution >= 4 is 34.0 Å². The lowest BCUT2D eigenvalue weighted by molar-refractivity contribution is 0.0933. The van der Waals surface area contributed by atoms with E-state index < -0.39 is 0 Å². The van der Waals surface area contributed by atoms with E-state index in [-0.39, 0.29) is 5.91 Å². The van der Waals surface area contributed by atoms with E-state index in [0.29, 0.717) is 34.5 Å². The highest BCUT2D eigenvalue weighted by molar-refractivity contribution is 6.33. The highest BCUT2D eigenvalue weighted by Crippen LogP contribution is 2.29. The van der Waals surface area contributed by atoms with Crippen molar-refractivity contribution in [3.05, 3.63) is 65.2 Å². The SMILES string of the molecule is COc1cc(N)c(Cl)cc1C(=O)NCC1CCN(CCCCOc2cccc3ccccc23)CC1. The first-order chi connectivity index (χ1) is 17.0. The van der Waals surface area contributed by atoms with E-state index >= 15 is 0 Å². The minimum Gasteiger partial charge on any atom is -0.496 e. The number of nitrogens with two attached hydrogens (primary N) is 1. The summed E-state index contributed by atoms with van der Waals surface area (Å²) < 4.78 is 11.4. The Bertz CT molecular complexity index is 1140. The average molecular weight is 496 g/mol. The number of nitrogens with one attached hydrogen (secondary N) is 1. The summed E-state index contributed by atoms with van der Waals surface area (Å²) in [5.41, 5.74) is 6.62. The van der Waals surface area contributed by atoms with Gasteiger partial charge in [0, 0.05) is 18.0 Å². The van der Waals surface area contributed by atoms with E-state index in [1.807, 2.05) is 12.1 Å². The normalized spacial score (nSPS) is 14.7. The summed E-state index contributed by atoms with van der Waals surface area (Å²) in [4.78, 5) is 15.2. The molecule has 1 saturated heterocycles. The van der Waals surface area contributed by atoms with E-state index in [0.717, 1.165) is 57.7 Å². The van der Waals surface area contributed by atoms with Crippen molar-refractivity contribution in [3.8, 4) is 11.5 Å². The lowest BCUT2D eigenvalue weighted by Crippen LogP contribution is -2.39. The van der Waals surface area contributed by atoms with Gasteiger partial charge in [0.25, 0.3) is 5.91 Å². The van der Waals surface area contributed by atoms with E-state index in [1.165, 1.54) is 17.9 Å². The number of benzene rings is 3. The van der Waals surface area contributed by atoms with Gasteiger partial charge in [0.1, 0.15) is 11.5 Å². The number of nitrogens with zero attached hydrogens (tertiary/aromatic N) is 1. The van der Waals surface area contributed by atoms with E-state index in [9.17, 15) is 4.79 Å². The number of carbonyl (C=O) groups is 1. The Morgan fingerprint density at radius 1 is 1.09 bits per heavy atom. The molecule has 1 amide bonds. The van der Waals surface area contributed by atoms with Gasteiger partial charge in [-0.25, -0.2) is 0 Å². The van der Waals surface area contributed by atoms with Gasteiger partial charge in [0.2, 0.25) is 0 Å². The molecule has 3 aromatic rings. The number of ether oxygens (including phenoxy) is 2. The van der Waals surface area contributed by atoms with E-state index in [2.05, 4.69) is 40.5 Å². The van der Waals surface area contributed by atoms with Crippen molar-refractivity contribution in [1.82, 2.24) is 10.2 Å². The molecule has 1 aliphatic rings. The Morgan fingerprint density at radius 3 is 2.66 bits per heavy atom. The number of unbranched alkanes of at least 4 members (excludes halogenated alkanes) is 1. The average Bonchev–Trinajstić information content (AvgIpc) is 2.89. The minimum absolute atomic E-state index is 0.183. The van der Waals surface area contributed by atoms with Gasteiger partial charge in [-0.1, -0.05) is 48.0 Å². The van der Waals surface area contributed by atoms with Crippen LogP contribution in [0.1, 0.15) is 36.0 Å². The molecular formula is C28H34ClN3O3. The molecule has 1 heterocycles. The monoisotopic (exact) mass is 495 g/mol. The standard InChI is InChI=1S/C28H34ClN3O3/c1-34-27-18-25(30)24(29)17-23(27)28(33)31-19-20-11-14-32(15-12-20)13-4-5-16-35-26-10-6-8-21-7-2-3-9-22(21)26/h2-3,6-10,17-18,20H,4-5,11-16,19,30H2,1H3,(H,31,33). The number of nitrogen functional groups attached to an aromatic ring is 1. The number of rotatable bonds is 10. The van der Waals surface area contributed by atoms with Crippen LogP contribution in [0.2, 0.25) is 5.02 Å². The van der Waals surface area contributed by atoms with Crippen LogP contribution >= 0.6 is 11.6 Å². The predicted molar refractivity (Wildman–Crippen MR) is 143 cm³/mol. The van der Waals surface area contributed by atoms with Crippen LogP contribution in [0.15, 0.2) is 54.6 Å². The number of fused-ring (bicyclic) bond motifs is 1. The molecule has 35 heavy (non-hydrogen) atoms. The highest BCUT2D eigenvalue weighted by Gasteiger charge is 2.21. The Hall–Kier alpha value is -2.96. The Balaban J connectivity index is 1.13. The van der Waals surface area contributed by atoms with Crippen molar-refractivity contribution in [2.24, 2.45) is 5.92 Å². The van der Waals surface area contributed by atoms with Crippen LogP contribution in [0.3, 0.4) is 0 Å². The zero-order valence-corrected chi connectivity index (χ0v) is 21.0. The Labute approximate surface area is 212 Å². The molecule has 7 heteroatoms. The molecule has 186 valence electrons. The molecule has 0 radical (unpaired) electrons. The second-order valence-corrected chi connectivity index (χ2v) is 9.51. The van der Waals surface area contributed by atoms with Crippen LogP contribution in [0, 0.1) is 5.92 Å². The summed E-state index contributed by atoms with van der Waals surface area (Å²) in [6, 6.07) is 17.7.